The second-order valence-electron chi connectivity index (χ2n) is 4.92. The number of nitrogens with zero attached hydrogens (tertiary/aromatic N) is 1. The number of carbonyl (C=O) groups excluding carboxylic acids is 1. The zero-order valence-electron chi connectivity index (χ0n) is 11.4. The van der Waals surface area contributed by atoms with Crippen LogP contribution in [0.15, 0.2) is 24.3 Å². The van der Waals surface area contributed by atoms with Crippen molar-refractivity contribution in [1.29, 1.82) is 0 Å². The number of rotatable bonds is 3. The summed E-state index contributed by atoms with van der Waals surface area (Å²) < 4.78 is 42.7. The summed E-state index contributed by atoms with van der Waals surface area (Å²) in [4.78, 5) is 13.9. The number of alkyl halides is 3. The first-order valence-corrected chi connectivity index (χ1v) is 6.65. The fourth-order valence-electron chi connectivity index (χ4n) is 2.27. The lowest BCUT2D eigenvalue weighted by Crippen LogP contribution is -2.52. The number of ether oxygens (including phenoxy) is 1. The van der Waals surface area contributed by atoms with Crippen LogP contribution in [0, 0.1) is 0 Å². The summed E-state index contributed by atoms with van der Waals surface area (Å²) in [7, 11) is 0. The SMILES string of the molecule is NCC1COCCN1C(=O)Cc1ccc(C(F)(F)F)cc1. The van der Waals surface area contributed by atoms with Gasteiger partial charge in [0.05, 0.1) is 31.2 Å². The number of hydrogen-bond acceptors (Lipinski definition) is 3. The minimum atomic E-state index is -4.36. The highest BCUT2D eigenvalue weighted by Gasteiger charge is 2.30. The molecule has 1 fully saturated rings. The molecule has 7 heteroatoms. The van der Waals surface area contributed by atoms with Crippen molar-refractivity contribution >= 4 is 5.91 Å². The van der Waals surface area contributed by atoms with Gasteiger partial charge in [-0.25, -0.2) is 0 Å². The zero-order valence-corrected chi connectivity index (χ0v) is 11.4. The van der Waals surface area contributed by atoms with Gasteiger partial charge < -0.3 is 15.4 Å². The Balaban J connectivity index is 2.02. The molecule has 1 amide bonds. The maximum Gasteiger partial charge on any atom is 0.416 e. The molecule has 1 aliphatic heterocycles. The molecule has 2 N–H and O–H groups in total. The quantitative estimate of drug-likeness (QED) is 0.919. The fraction of sp³-hybridized carbons (Fsp3) is 0.500. The number of hydrogen-bond donors (Lipinski definition) is 1. The molecule has 4 nitrogen and oxygen atoms in total. The Labute approximate surface area is 120 Å². The lowest BCUT2D eigenvalue weighted by Gasteiger charge is -2.35. The third kappa shape index (κ3) is 3.95. The predicted molar refractivity (Wildman–Crippen MR) is 70.5 cm³/mol. The van der Waals surface area contributed by atoms with Gasteiger partial charge in [0.2, 0.25) is 5.91 Å². The van der Waals surface area contributed by atoms with Crippen LogP contribution in [0.3, 0.4) is 0 Å². The van der Waals surface area contributed by atoms with Gasteiger partial charge in [0.25, 0.3) is 0 Å². The van der Waals surface area contributed by atoms with E-state index < -0.39 is 11.7 Å². The summed E-state index contributed by atoms with van der Waals surface area (Å²) in [5.41, 5.74) is 5.43. The summed E-state index contributed by atoms with van der Waals surface area (Å²) >= 11 is 0. The summed E-state index contributed by atoms with van der Waals surface area (Å²) in [6.07, 6.45) is -4.30. The normalized spacial score (nSPS) is 19.6. The summed E-state index contributed by atoms with van der Waals surface area (Å²) in [5.74, 6) is -0.145. The van der Waals surface area contributed by atoms with Gasteiger partial charge in [-0.3, -0.25) is 4.79 Å². The molecule has 2 rings (SSSR count). The van der Waals surface area contributed by atoms with Crippen LogP contribution < -0.4 is 5.73 Å². The molecular formula is C14H17F3N2O2. The highest BCUT2D eigenvalue weighted by atomic mass is 19.4. The van der Waals surface area contributed by atoms with Crippen molar-refractivity contribution in [3.8, 4) is 0 Å². The number of morpholine rings is 1. The van der Waals surface area contributed by atoms with E-state index in [4.69, 9.17) is 10.5 Å². The molecule has 1 unspecified atom stereocenters. The number of benzene rings is 1. The van der Waals surface area contributed by atoms with Crippen LogP contribution in [-0.4, -0.2) is 43.2 Å². The van der Waals surface area contributed by atoms with Crippen LogP contribution in [0.2, 0.25) is 0 Å². The standard InChI is InChI=1S/C14H17F3N2O2/c15-14(16,17)11-3-1-10(2-4-11)7-13(20)19-5-6-21-9-12(19)8-18/h1-4,12H,5-9,18H2. The van der Waals surface area contributed by atoms with Crippen LogP contribution in [0.25, 0.3) is 0 Å². The predicted octanol–water partition coefficient (Wildman–Crippen LogP) is 1.43. The molecule has 0 aromatic heterocycles. The Bertz CT molecular complexity index is 488. The number of halogens is 3. The van der Waals surface area contributed by atoms with E-state index in [1.165, 1.54) is 12.1 Å². The van der Waals surface area contributed by atoms with Crippen molar-refractivity contribution in [1.82, 2.24) is 4.90 Å². The highest BCUT2D eigenvalue weighted by molar-refractivity contribution is 5.79. The molecule has 1 heterocycles. The second kappa shape index (κ2) is 6.44. The fourth-order valence-corrected chi connectivity index (χ4v) is 2.27. The van der Waals surface area contributed by atoms with E-state index >= 15 is 0 Å². The molecule has 1 aliphatic rings. The molecule has 0 aliphatic carbocycles. The number of amides is 1. The Kier molecular flexibility index (Phi) is 4.84. The van der Waals surface area contributed by atoms with E-state index in [9.17, 15) is 18.0 Å². The van der Waals surface area contributed by atoms with Crippen LogP contribution in [0.1, 0.15) is 11.1 Å². The van der Waals surface area contributed by atoms with E-state index in [-0.39, 0.29) is 18.4 Å². The van der Waals surface area contributed by atoms with E-state index in [1.54, 1.807) is 4.90 Å². The van der Waals surface area contributed by atoms with Gasteiger partial charge in [-0.15, -0.1) is 0 Å². The minimum Gasteiger partial charge on any atom is -0.377 e. The van der Waals surface area contributed by atoms with Gasteiger partial charge in [0, 0.05) is 13.1 Å². The first-order chi connectivity index (χ1) is 9.91. The molecule has 0 saturated carbocycles. The second-order valence-corrected chi connectivity index (χ2v) is 4.92. The maximum atomic E-state index is 12.5. The van der Waals surface area contributed by atoms with Gasteiger partial charge >= 0.3 is 6.18 Å². The summed E-state index contributed by atoms with van der Waals surface area (Å²) in [6.45, 7) is 1.62. The van der Waals surface area contributed by atoms with Crippen molar-refractivity contribution in [2.45, 2.75) is 18.6 Å². The van der Waals surface area contributed by atoms with Crippen LogP contribution in [0.5, 0.6) is 0 Å². The zero-order chi connectivity index (χ0) is 15.5. The largest absolute Gasteiger partial charge is 0.416 e. The first-order valence-electron chi connectivity index (χ1n) is 6.65. The average molecular weight is 302 g/mol. The molecule has 0 radical (unpaired) electrons. The first kappa shape index (κ1) is 15.8. The van der Waals surface area contributed by atoms with Gasteiger partial charge in [-0.1, -0.05) is 12.1 Å². The molecule has 116 valence electrons. The van der Waals surface area contributed by atoms with E-state index in [2.05, 4.69) is 0 Å². The molecule has 21 heavy (non-hydrogen) atoms. The minimum absolute atomic E-state index is 0.0641. The number of nitrogens with two attached hydrogens (primary N) is 1. The molecule has 1 aromatic rings. The van der Waals surface area contributed by atoms with Crippen molar-refractivity contribution < 1.29 is 22.7 Å². The molecule has 0 bridgehead atoms. The third-order valence-corrected chi connectivity index (χ3v) is 3.46. The molecule has 1 atom stereocenters. The smallest absolute Gasteiger partial charge is 0.377 e. The van der Waals surface area contributed by atoms with Gasteiger partial charge in [0.15, 0.2) is 0 Å². The molecule has 1 aromatic carbocycles. The molecular weight excluding hydrogens is 285 g/mol. The van der Waals surface area contributed by atoms with Crippen molar-refractivity contribution in [3.63, 3.8) is 0 Å². The van der Waals surface area contributed by atoms with Crippen LogP contribution in [0.4, 0.5) is 13.2 Å². The Hall–Kier alpha value is -1.60. The molecule has 1 saturated heterocycles. The Morgan fingerprint density at radius 2 is 2.00 bits per heavy atom. The van der Waals surface area contributed by atoms with Crippen LogP contribution in [-0.2, 0) is 22.1 Å². The lowest BCUT2D eigenvalue weighted by molar-refractivity contribution is -0.138. The van der Waals surface area contributed by atoms with Crippen LogP contribution >= 0.6 is 0 Å². The van der Waals surface area contributed by atoms with Gasteiger partial charge in [-0.05, 0) is 17.7 Å². The highest BCUT2D eigenvalue weighted by Crippen LogP contribution is 2.29. The Morgan fingerprint density at radius 1 is 1.33 bits per heavy atom. The topological polar surface area (TPSA) is 55.6 Å². The summed E-state index contributed by atoms with van der Waals surface area (Å²) in [6, 6.07) is 4.47. The van der Waals surface area contributed by atoms with Crippen molar-refractivity contribution in [3.05, 3.63) is 35.4 Å². The van der Waals surface area contributed by atoms with Crippen molar-refractivity contribution in [2.24, 2.45) is 5.73 Å². The molecule has 0 spiro atoms. The van der Waals surface area contributed by atoms with E-state index in [0.29, 0.717) is 31.9 Å². The monoisotopic (exact) mass is 302 g/mol. The Morgan fingerprint density at radius 3 is 2.57 bits per heavy atom. The average Bonchev–Trinajstić information content (AvgIpc) is 2.46. The lowest BCUT2D eigenvalue weighted by atomic mass is 10.1. The number of carbonyl (C=O) groups is 1. The summed E-state index contributed by atoms with van der Waals surface area (Å²) in [5, 5.41) is 0. The maximum absolute atomic E-state index is 12.5. The van der Waals surface area contributed by atoms with Crippen molar-refractivity contribution in [2.75, 3.05) is 26.3 Å². The van der Waals surface area contributed by atoms with Gasteiger partial charge in [0.1, 0.15) is 0 Å². The third-order valence-electron chi connectivity index (χ3n) is 3.46. The van der Waals surface area contributed by atoms with Gasteiger partial charge in [-0.2, -0.15) is 13.2 Å². The van der Waals surface area contributed by atoms with E-state index in [0.717, 1.165) is 12.1 Å². The van der Waals surface area contributed by atoms with E-state index in [1.807, 2.05) is 0 Å².